The van der Waals surface area contributed by atoms with E-state index in [0.717, 1.165) is 5.56 Å². The van der Waals surface area contributed by atoms with Crippen molar-refractivity contribution in [1.82, 2.24) is 9.55 Å². The van der Waals surface area contributed by atoms with Gasteiger partial charge in [-0.15, -0.1) is 0 Å². The Morgan fingerprint density at radius 1 is 1.27 bits per heavy atom. The van der Waals surface area contributed by atoms with Crippen LogP contribution in [0.2, 0.25) is 0 Å². The van der Waals surface area contributed by atoms with Crippen molar-refractivity contribution < 1.29 is 14.3 Å². The zero-order chi connectivity index (χ0) is 15.7. The summed E-state index contributed by atoms with van der Waals surface area (Å²) in [4.78, 5) is 28.0. The van der Waals surface area contributed by atoms with Crippen LogP contribution in [0.1, 0.15) is 48.8 Å². The van der Waals surface area contributed by atoms with Gasteiger partial charge in [-0.2, -0.15) is 0 Å². The number of Topliss-reactive ketones (excluding diaryl/α,β-unsaturated/α-hetero) is 1. The molecule has 1 atom stereocenters. The van der Waals surface area contributed by atoms with Crippen molar-refractivity contribution in [2.75, 3.05) is 0 Å². The summed E-state index contributed by atoms with van der Waals surface area (Å²) in [5.74, 6) is -0.587. The van der Waals surface area contributed by atoms with Crippen molar-refractivity contribution in [2.24, 2.45) is 0 Å². The summed E-state index contributed by atoms with van der Waals surface area (Å²) in [5, 5.41) is 0. The molecular formula is C17H18N2O3. The molecule has 0 saturated heterocycles. The Kier molecular flexibility index (Phi) is 3.56. The van der Waals surface area contributed by atoms with Crippen LogP contribution in [0.5, 0.6) is 0 Å². The molecule has 5 nitrogen and oxygen atoms in total. The number of imidazole rings is 1. The molecule has 1 heterocycles. The third-order valence-electron chi connectivity index (χ3n) is 4.21. The van der Waals surface area contributed by atoms with Gasteiger partial charge in [0.2, 0.25) is 0 Å². The highest BCUT2D eigenvalue weighted by atomic mass is 16.6. The predicted molar refractivity (Wildman–Crippen MR) is 80.5 cm³/mol. The molecule has 0 bridgehead atoms. The van der Waals surface area contributed by atoms with E-state index in [1.54, 1.807) is 10.9 Å². The molecule has 0 aliphatic heterocycles. The SMILES string of the molecule is CC(=O)C1(OC(=O)c2cncn2[C@H](C)c2ccccc2)CC1. The second-order valence-electron chi connectivity index (χ2n) is 5.71. The zero-order valence-corrected chi connectivity index (χ0v) is 12.7. The summed E-state index contributed by atoms with van der Waals surface area (Å²) >= 11 is 0. The van der Waals surface area contributed by atoms with Crippen LogP contribution in [0.25, 0.3) is 0 Å². The van der Waals surface area contributed by atoms with Crippen molar-refractivity contribution >= 4 is 11.8 Å². The van der Waals surface area contributed by atoms with E-state index in [2.05, 4.69) is 4.98 Å². The van der Waals surface area contributed by atoms with Crippen LogP contribution in [0, 0.1) is 0 Å². The smallest absolute Gasteiger partial charge is 0.357 e. The third-order valence-corrected chi connectivity index (χ3v) is 4.21. The van der Waals surface area contributed by atoms with Crippen molar-refractivity contribution in [3.63, 3.8) is 0 Å². The Bertz CT molecular complexity index is 702. The molecule has 5 heteroatoms. The third kappa shape index (κ3) is 2.54. The average molecular weight is 298 g/mol. The standard InChI is InChI=1S/C17H18N2O3/c1-12(14-6-4-3-5-7-14)19-11-18-10-15(19)16(21)22-17(8-9-17)13(2)20/h3-7,10-12H,8-9H2,1-2H3/t12-/m1/s1. The summed E-state index contributed by atoms with van der Waals surface area (Å²) in [7, 11) is 0. The van der Waals surface area contributed by atoms with Gasteiger partial charge in [-0.1, -0.05) is 30.3 Å². The Hall–Kier alpha value is -2.43. The molecule has 1 saturated carbocycles. The lowest BCUT2D eigenvalue weighted by Gasteiger charge is -2.18. The lowest BCUT2D eigenvalue weighted by Crippen LogP contribution is -2.28. The van der Waals surface area contributed by atoms with Gasteiger partial charge in [-0.3, -0.25) is 4.79 Å². The molecule has 1 aromatic heterocycles. The van der Waals surface area contributed by atoms with Crippen LogP contribution >= 0.6 is 0 Å². The number of hydrogen-bond acceptors (Lipinski definition) is 4. The Morgan fingerprint density at radius 3 is 2.55 bits per heavy atom. The monoisotopic (exact) mass is 298 g/mol. The first-order valence-corrected chi connectivity index (χ1v) is 7.35. The summed E-state index contributed by atoms with van der Waals surface area (Å²) in [5.41, 5.74) is 0.536. The maximum absolute atomic E-state index is 12.4. The Morgan fingerprint density at radius 2 is 1.95 bits per heavy atom. The second-order valence-corrected chi connectivity index (χ2v) is 5.71. The normalized spacial score (nSPS) is 16.8. The number of carbonyl (C=O) groups excluding carboxylic acids is 2. The summed E-state index contributed by atoms with van der Waals surface area (Å²) < 4.78 is 7.20. The van der Waals surface area contributed by atoms with Crippen molar-refractivity contribution in [3.8, 4) is 0 Å². The average Bonchev–Trinajstić information content (AvgIpc) is 3.14. The van der Waals surface area contributed by atoms with Crippen molar-refractivity contribution in [1.29, 1.82) is 0 Å². The number of nitrogens with zero attached hydrogens (tertiary/aromatic N) is 2. The molecule has 0 spiro atoms. The van der Waals surface area contributed by atoms with E-state index in [0.29, 0.717) is 18.5 Å². The number of carbonyl (C=O) groups is 2. The van der Waals surface area contributed by atoms with Crippen molar-refractivity contribution in [2.45, 2.75) is 38.3 Å². The van der Waals surface area contributed by atoms with Gasteiger partial charge in [-0.25, -0.2) is 9.78 Å². The Labute approximate surface area is 128 Å². The quantitative estimate of drug-likeness (QED) is 0.796. The predicted octanol–water partition coefficient (Wildman–Crippen LogP) is 2.77. The van der Waals surface area contributed by atoms with Gasteiger partial charge in [0.15, 0.2) is 11.4 Å². The highest BCUT2D eigenvalue weighted by Gasteiger charge is 2.52. The van der Waals surface area contributed by atoms with Gasteiger partial charge in [0, 0.05) is 0 Å². The molecule has 1 aromatic carbocycles. The van der Waals surface area contributed by atoms with Crippen LogP contribution in [-0.2, 0) is 9.53 Å². The highest BCUT2D eigenvalue weighted by Crippen LogP contribution is 2.41. The van der Waals surface area contributed by atoms with Gasteiger partial charge in [-0.05, 0) is 32.3 Å². The number of benzene rings is 1. The molecule has 114 valence electrons. The topological polar surface area (TPSA) is 61.2 Å². The maximum Gasteiger partial charge on any atom is 0.357 e. The highest BCUT2D eigenvalue weighted by molar-refractivity contribution is 5.94. The lowest BCUT2D eigenvalue weighted by atomic mass is 10.1. The van der Waals surface area contributed by atoms with E-state index in [4.69, 9.17) is 4.74 Å². The van der Waals surface area contributed by atoms with Gasteiger partial charge < -0.3 is 9.30 Å². The fraction of sp³-hybridized carbons (Fsp3) is 0.353. The number of esters is 1. The van der Waals surface area contributed by atoms with Gasteiger partial charge in [0.25, 0.3) is 0 Å². The minimum absolute atomic E-state index is 0.0428. The first-order chi connectivity index (χ1) is 10.5. The molecule has 3 rings (SSSR count). The number of ketones is 1. The van der Waals surface area contributed by atoms with E-state index < -0.39 is 11.6 Å². The van der Waals surface area contributed by atoms with Gasteiger partial charge >= 0.3 is 5.97 Å². The molecule has 2 aromatic rings. The van der Waals surface area contributed by atoms with E-state index in [9.17, 15) is 9.59 Å². The molecule has 1 aliphatic carbocycles. The first-order valence-electron chi connectivity index (χ1n) is 7.35. The van der Waals surface area contributed by atoms with Crippen LogP contribution < -0.4 is 0 Å². The number of aromatic nitrogens is 2. The number of hydrogen-bond donors (Lipinski definition) is 0. The fourth-order valence-electron chi connectivity index (χ4n) is 2.53. The molecule has 0 N–H and O–H groups in total. The summed E-state index contributed by atoms with van der Waals surface area (Å²) in [6.45, 7) is 3.45. The van der Waals surface area contributed by atoms with Crippen LogP contribution in [-0.4, -0.2) is 26.9 Å². The largest absolute Gasteiger partial charge is 0.446 e. The minimum Gasteiger partial charge on any atom is -0.446 e. The number of ether oxygens (including phenoxy) is 1. The molecule has 22 heavy (non-hydrogen) atoms. The van der Waals surface area contributed by atoms with Crippen molar-refractivity contribution in [3.05, 3.63) is 54.1 Å². The van der Waals surface area contributed by atoms with Crippen LogP contribution in [0.3, 0.4) is 0 Å². The molecule has 1 aliphatic rings. The van der Waals surface area contributed by atoms with E-state index in [-0.39, 0.29) is 11.8 Å². The van der Waals surface area contributed by atoms with E-state index in [1.165, 1.54) is 13.1 Å². The van der Waals surface area contributed by atoms with E-state index in [1.807, 2.05) is 37.3 Å². The molecular weight excluding hydrogens is 280 g/mol. The van der Waals surface area contributed by atoms with Crippen LogP contribution in [0.15, 0.2) is 42.9 Å². The Balaban J connectivity index is 1.83. The minimum atomic E-state index is -0.901. The summed E-state index contributed by atoms with van der Waals surface area (Å²) in [6.07, 6.45) is 4.31. The lowest BCUT2D eigenvalue weighted by molar-refractivity contribution is -0.127. The first kappa shape index (κ1) is 14.5. The summed E-state index contributed by atoms with van der Waals surface area (Å²) in [6, 6.07) is 9.81. The molecule has 1 fully saturated rings. The van der Waals surface area contributed by atoms with Gasteiger partial charge in [0.1, 0.15) is 5.69 Å². The molecule has 0 amide bonds. The fourth-order valence-corrected chi connectivity index (χ4v) is 2.53. The van der Waals surface area contributed by atoms with Gasteiger partial charge in [0.05, 0.1) is 18.6 Å². The van der Waals surface area contributed by atoms with Crippen LogP contribution in [0.4, 0.5) is 0 Å². The maximum atomic E-state index is 12.4. The van der Waals surface area contributed by atoms with E-state index >= 15 is 0 Å². The molecule has 0 radical (unpaired) electrons. The number of rotatable bonds is 5. The molecule has 0 unspecified atom stereocenters. The second kappa shape index (κ2) is 5.40. The zero-order valence-electron chi connectivity index (χ0n) is 12.7.